The average Bonchev–Trinajstić information content (AvgIpc) is 2.29. The summed E-state index contributed by atoms with van der Waals surface area (Å²) in [6, 6.07) is 11.1. The van der Waals surface area contributed by atoms with E-state index in [0.29, 0.717) is 16.6 Å². The van der Waals surface area contributed by atoms with Gasteiger partial charge in [-0.3, -0.25) is 0 Å². The fourth-order valence-electron chi connectivity index (χ4n) is 1.42. The van der Waals surface area contributed by atoms with Crippen molar-refractivity contribution in [2.75, 3.05) is 12.8 Å². The number of halogens is 1. The molecule has 0 radical (unpaired) electrons. The standard InChI is InChI=1S/C12H11ClN2O/c1-16-12-10(14)5-6-11(15-12)8-3-2-4-9(13)7-8/h2-7H,14H2,1H3. The Kier molecular flexibility index (Phi) is 2.97. The van der Waals surface area contributed by atoms with Crippen molar-refractivity contribution in [3.63, 3.8) is 0 Å². The Morgan fingerprint density at radius 3 is 2.75 bits per heavy atom. The van der Waals surface area contributed by atoms with Gasteiger partial charge in [0.1, 0.15) is 0 Å². The number of rotatable bonds is 2. The maximum atomic E-state index is 5.92. The molecular formula is C12H11ClN2O. The van der Waals surface area contributed by atoms with E-state index in [-0.39, 0.29) is 0 Å². The van der Waals surface area contributed by atoms with Gasteiger partial charge in [-0.05, 0) is 24.3 Å². The molecule has 2 aromatic rings. The van der Waals surface area contributed by atoms with E-state index < -0.39 is 0 Å². The number of anilines is 1. The molecule has 2 rings (SSSR count). The second-order valence-electron chi connectivity index (χ2n) is 3.31. The first-order valence-electron chi connectivity index (χ1n) is 4.77. The van der Waals surface area contributed by atoms with Crippen LogP contribution in [0.15, 0.2) is 36.4 Å². The van der Waals surface area contributed by atoms with Gasteiger partial charge >= 0.3 is 0 Å². The number of benzene rings is 1. The summed E-state index contributed by atoms with van der Waals surface area (Å²) in [4.78, 5) is 4.30. The van der Waals surface area contributed by atoms with Gasteiger partial charge in [0.2, 0.25) is 5.88 Å². The highest BCUT2D eigenvalue weighted by molar-refractivity contribution is 6.30. The van der Waals surface area contributed by atoms with Gasteiger partial charge in [0.05, 0.1) is 18.5 Å². The third-order valence-corrected chi connectivity index (χ3v) is 2.44. The molecule has 0 bridgehead atoms. The average molecular weight is 235 g/mol. The van der Waals surface area contributed by atoms with Crippen LogP contribution >= 0.6 is 11.6 Å². The summed E-state index contributed by atoms with van der Waals surface area (Å²) in [7, 11) is 1.54. The van der Waals surface area contributed by atoms with Crippen LogP contribution in [-0.4, -0.2) is 12.1 Å². The molecule has 2 N–H and O–H groups in total. The molecule has 0 amide bonds. The van der Waals surface area contributed by atoms with Crippen LogP contribution in [0.25, 0.3) is 11.3 Å². The molecule has 82 valence electrons. The van der Waals surface area contributed by atoms with E-state index in [1.54, 1.807) is 13.2 Å². The predicted molar refractivity (Wildman–Crippen MR) is 65.6 cm³/mol. The Bertz CT molecular complexity index is 514. The lowest BCUT2D eigenvalue weighted by Gasteiger charge is -2.06. The number of nitrogens with zero attached hydrogens (tertiary/aromatic N) is 1. The predicted octanol–water partition coefficient (Wildman–Crippen LogP) is 2.99. The summed E-state index contributed by atoms with van der Waals surface area (Å²) in [6.45, 7) is 0. The fraction of sp³-hybridized carbons (Fsp3) is 0.0833. The molecule has 0 atom stereocenters. The summed E-state index contributed by atoms with van der Waals surface area (Å²) in [6.07, 6.45) is 0. The number of nitrogens with two attached hydrogens (primary N) is 1. The minimum absolute atomic E-state index is 0.428. The summed E-state index contributed by atoms with van der Waals surface area (Å²) >= 11 is 5.92. The van der Waals surface area contributed by atoms with Crippen LogP contribution in [-0.2, 0) is 0 Å². The van der Waals surface area contributed by atoms with Crippen molar-refractivity contribution in [2.45, 2.75) is 0 Å². The zero-order valence-electron chi connectivity index (χ0n) is 8.77. The number of hydrogen-bond acceptors (Lipinski definition) is 3. The van der Waals surface area contributed by atoms with Gasteiger partial charge in [-0.1, -0.05) is 23.7 Å². The van der Waals surface area contributed by atoms with Crippen molar-refractivity contribution in [3.05, 3.63) is 41.4 Å². The van der Waals surface area contributed by atoms with E-state index in [4.69, 9.17) is 22.1 Å². The van der Waals surface area contributed by atoms with Crippen molar-refractivity contribution < 1.29 is 4.74 Å². The summed E-state index contributed by atoms with van der Waals surface area (Å²) in [5.41, 5.74) is 7.94. The molecule has 0 unspecified atom stereocenters. The van der Waals surface area contributed by atoms with E-state index in [2.05, 4.69) is 4.98 Å². The number of aromatic nitrogens is 1. The van der Waals surface area contributed by atoms with Crippen molar-refractivity contribution >= 4 is 17.3 Å². The first-order valence-corrected chi connectivity index (χ1v) is 5.15. The smallest absolute Gasteiger partial charge is 0.237 e. The number of nitrogen functional groups attached to an aromatic ring is 1. The third-order valence-electron chi connectivity index (χ3n) is 2.20. The Morgan fingerprint density at radius 2 is 2.06 bits per heavy atom. The van der Waals surface area contributed by atoms with Crippen LogP contribution in [0.1, 0.15) is 0 Å². The molecule has 0 spiro atoms. The Balaban J connectivity index is 2.48. The van der Waals surface area contributed by atoms with Crippen molar-refractivity contribution in [2.24, 2.45) is 0 Å². The third kappa shape index (κ3) is 2.09. The number of hydrogen-bond donors (Lipinski definition) is 1. The van der Waals surface area contributed by atoms with Gasteiger partial charge in [0.25, 0.3) is 0 Å². The van der Waals surface area contributed by atoms with Crippen LogP contribution < -0.4 is 10.5 Å². The first-order chi connectivity index (χ1) is 7.70. The van der Waals surface area contributed by atoms with Crippen molar-refractivity contribution in [1.29, 1.82) is 0 Å². The van der Waals surface area contributed by atoms with Gasteiger partial charge < -0.3 is 10.5 Å². The molecule has 0 aliphatic heterocycles. The van der Waals surface area contributed by atoms with Gasteiger partial charge in [-0.2, -0.15) is 0 Å². The van der Waals surface area contributed by atoms with Crippen molar-refractivity contribution in [3.8, 4) is 17.1 Å². The molecule has 0 aliphatic carbocycles. The highest BCUT2D eigenvalue weighted by atomic mass is 35.5. The van der Waals surface area contributed by atoms with Gasteiger partial charge in [-0.25, -0.2) is 4.98 Å². The molecule has 1 heterocycles. The second-order valence-corrected chi connectivity index (χ2v) is 3.74. The van der Waals surface area contributed by atoms with Crippen LogP contribution in [0.2, 0.25) is 5.02 Å². The normalized spacial score (nSPS) is 10.1. The minimum Gasteiger partial charge on any atom is -0.480 e. The molecule has 0 aliphatic rings. The monoisotopic (exact) mass is 234 g/mol. The van der Waals surface area contributed by atoms with Crippen molar-refractivity contribution in [1.82, 2.24) is 4.98 Å². The van der Waals surface area contributed by atoms with E-state index in [1.165, 1.54) is 0 Å². The molecule has 0 saturated carbocycles. The van der Waals surface area contributed by atoms with Crippen LogP contribution in [0.3, 0.4) is 0 Å². The first kappa shape index (κ1) is 10.8. The Labute approximate surface area is 98.8 Å². The second kappa shape index (κ2) is 4.41. The molecule has 1 aromatic carbocycles. The lowest BCUT2D eigenvalue weighted by Crippen LogP contribution is -1.96. The number of ether oxygens (including phenoxy) is 1. The minimum atomic E-state index is 0.428. The summed E-state index contributed by atoms with van der Waals surface area (Å²) < 4.78 is 5.07. The highest BCUT2D eigenvalue weighted by Crippen LogP contribution is 2.26. The van der Waals surface area contributed by atoms with E-state index in [1.807, 2.05) is 30.3 Å². The van der Waals surface area contributed by atoms with Gasteiger partial charge in [0.15, 0.2) is 0 Å². The number of methoxy groups -OCH3 is 1. The highest BCUT2D eigenvalue weighted by Gasteiger charge is 2.05. The SMILES string of the molecule is COc1nc(-c2cccc(Cl)c2)ccc1N. The van der Waals surface area contributed by atoms with Crippen LogP contribution in [0.4, 0.5) is 5.69 Å². The van der Waals surface area contributed by atoms with E-state index >= 15 is 0 Å². The zero-order valence-corrected chi connectivity index (χ0v) is 9.53. The maximum Gasteiger partial charge on any atom is 0.237 e. The quantitative estimate of drug-likeness (QED) is 0.869. The Hall–Kier alpha value is -1.74. The molecule has 4 heteroatoms. The van der Waals surface area contributed by atoms with E-state index in [9.17, 15) is 0 Å². The lowest BCUT2D eigenvalue weighted by molar-refractivity contribution is 0.401. The molecule has 1 aromatic heterocycles. The largest absolute Gasteiger partial charge is 0.480 e. The lowest BCUT2D eigenvalue weighted by atomic mass is 10.1. The van der Waals surface area contributed by atoms with E-state index in [0.717, 1.165) is 11.3 Å². The molecule has 16 heavy (non-hydrogen) atoms. The van der Waals surface area contributed by atoms with Crippen LogP contribution in [0, 0.1) is 0 Å². The van der Waals surface area contributed by atoms with Gasteiger partial charge in [-0.15, -0.1) is 0 Å². The van der Waals surface area contributed by atoms with Crippen LogP contribution in [0.5, 0.6) is 5.88 Å². The fourth-order valence-corrected chi connectivity index (χ4v) is 1.61. The molecule has 3 nitrogen and oxygen atoms in total. The number of pyridine rings is 1. The Morgan fingerprint density at radius 1 is 1.25 bits per heavy atom. The summed E-state index contributed by atoms with van der Waals surface area (Å²) in [5.74, 6) is 0.428. The zero-order chi connectivity index (χ0) is 11.5. The molecule has 0 fully saturated rings. The molecule has 0 saturated heterocycles. The van der Waals surface area contributed by atoms with Gasteiger partial charge in [0, 0.05) is 10.6 Å². The summed E-state index contributed by atoms with van der Waals surface area (Å²) in [5, 5.41) is 0.676. The topological polar surface area (TPSA) is 48.1 Å². The maximum absolute atomic E-state index is 5.92. The molecular weight excluding hydrogens is 224 g/mol.